The predicted octanol–water partition coefficient (Wildman–Crippen LogP) is 1.87. The third-order valence-corrected chi connectivity index (χ3v) is 3.54. The van der Waals surface area contributed by atoms with Gasteiger partial charge in [0.05, 0.1) is 0 Å². The molecule has 1 aromatic rings. The van der Waals surface area contributed by atoms with Crippen LogP contribution in [0, 0.1) is 6.92 Å². The molecule has 0 saturated carbocycles. The van der Waals surface area contributed by atoms with E-state index in [1.807, 2.05) is 26.1 Å². The number of carbonyl (C=O) groups is 1. The third kappa shape index (κ3) is 2.62. The number of hydrogen-bond acceptors (Lipinski definition) is 2. The molecular weight excluding hydrogens is 224 g/mol. The quantitative estimate of drug-likeness (QED) is 0.823. The molecular formula is C15H20N2O. The lowest BCUT2D eigenvalue weighted by Gasteiger charge is -2.25. The van der Waals surface area contributed by atoms with Crippen molar-refractivity contribution in [3.05, 3.63) is 46.5 Å². The van der Waals surface area contributed by atoms with Crippen LogP contribution in [0.3, 0.4) is 0 Å². The summed E-state index contributed by atoms with van der Waals surface area (Å²) in [6.45, 7) is 6.39. The molecule has 0 atom stereocenters. The lowest BCUT2D eigenvalue weighted by Crippen LogP contribution is -2.38. The molecule has 0 aliphatic carbocycles. The molecule has 1 saturated heterocycles. The molecule has 3 nitrogen and oxygen atoms in total. The Labute approximate surface area is 108 Å². The number of likely N-dealkylation sites (N-methyl/N-ethyl adjacent to an activating group) is 1. The van der Waals surface area contributed by atoms with Gasteiger partial charge >= 0.3 is 0 Å². The van der Waals surface area contributed by atoms with Crippen molar-refractivity contribution >= 4 is 5.91 Å². The molecule has 1 aliphatic rings. The van der Waals surface area contributed by atoms with Gasteiger partial charge in [-0.05, 0) is 30.5 Å². The topological polar surface area (TPSA) is 32.3 Å². The molecule has 1 amide bonds. The highest BCUT2D eigenvalue weighted by molar-refractivity contribution is 5.93. The lowest BCUT2D eigenvalue weighted by molar-refractivity contribution is -0.126. The molecule has 0 radical (unpaired) electrons. The number of nitrogens with one attached hydrogen (secondary N) is 1. The van der Waals surface area contributed by atoms with Gasteiger partial charge in [-0.2, -0.15) is 0 Å². The van der Waals surface area contributed by atoms with Crippen molar-refractivity contribution in [1.82, 2.24) is 10.2 Å². The van der Waals surface area contributed by atoms with Crippen LogP contribution < -0.4 is 5.32 Å². The highest BCUT2D eigenvalue weighted by atomic mass is 16.2. The Bertz CT molecular complexity index is 485. The van der Waals surface area contributed by atoms with Crippen molar-refractivity contribution in [2.45, 2.75) is 20.4 Å². The van der Waals surface area contributed by atoms with Crippen LogP contribution in [0.4, 0.5) is 0 Å². The first-order valence-electron chi connectivity index (χ1n) is 6.29. The number of aryl methyl sites for hydroxylation is 1. The van der Waals surface area contributed by atoms with E-state index in [9.17, 15) is 4.79 Å². The van der Waals surface area contributed by atoms with Crippen molar-refractivity contribution in [1.29, 1.82) is 0 Å². The Balaban J connectivity index is 2.06. The van der Waals surface area contributed by atoms with E-state index < -0.39 is 0 Å². The number of nitrogens with zero attached hydrogens (tertiary/aromatic N) is 1. The van der Waals surface area contributed by atoms with Crippen LogP contribution in [0.15, 0.2) is 35.4 Å². The zero-order valence-corrected chi connectivity index (χ0v) is 11.3. The summed E-state index contributed by atoms with van der Waals surface area (Å²) in [5, 5.41) is 3.17. The summed E-state index contributed by atoms with van der Waals surface area (Å²) < 4.78 is 0. The smallest absolute Gasteiger partial charge is 0.249 e. The average molecular weight is 244 g/mol. The van der Waals surface area contributed by atoms with Crippen LogP contribution in [0.2, 0.25) is 0 Å². The minimum atomic E-state index is 0.134. The monoisotopic (exact) mass is 244 g/mol. The minimum Gasteiger partial charge on any atom is -0.338 e. The maximum Gasteiger partial charge on any atom is 0.249 e. The van der Waals surface area contributed by atoms with Gasteiger partial charge in [0.1, 0.15) is 0 Å². The summed E-state index contributed by atoms with van der Waals surface area (Å²) in [7, 11) is 1.87. The molecule has 1 aliphatic heterocycles. The Hall–Kier alpha value is -1.61. The largest absolute Gasteiger partial charge is 0.338 e. The van der Waals surface area contributed by atoms with Crippen LogP contribution >= 0.6 is 0 Å². The van der Waals surface area contributed by atoms with E-state index >= 15 is 0 Å². The summed E-state index contributed by atoms with van der Waals surface area (Å²) in [4.78, 5) is 14.0. The van der Waals surface area contributed by atoms with Gasteiger partial charge in [-0.1, -0.05) is 24.3 Å². The molecule has 1 N–H and O–H groups in total. The van der Waals surface area contributed by atoms with Crippen LogP contribution in [0.1, 0.15) is 18.1 Å². The fourth-order valence-corrected chi connectivity index (χ4v) is 2.07. The summed E-state index contributed by atoms with van der Waals surface area (Å²) >= 11 is 0. The second-order valence-corrected chi connectivity index (χ2v) is 4.92. The standard InChI is InChI=1S/C15H20N2O/c1-11-6-4-5-7-13(11)10-17(3)15(18)12(2)14-8-16-9-14/h4-7,16H,8-10H2,1-3H3. The molecule has 1 fully saturated rings. The van der Waals surface area contributed by atoms with Gasteiger partial charge in [0.15, 0.2) is 0 Å². The second-order valence-electron chi connectivity index (χ2n) is 4.92. The molecule has 18 heavy (non-hydrogen) atoms. The first kappa shape index (κ1) is 12.8. The third-order valence-electron chi connectivity index (χ3n) is 3.54. The van der Waals surface area contributed by atoms with Gasteiger partial charge in [-0.15, -0.1) is 0 Å². The fraction of sp³-hybridized carbons (Fsp3) is 0.400. The average Bonchev–Trinajstić information content (AvgIpc) is 2.28. The van der Waals surface area contributed by atoms with Crippen LogP contribution in [-0.2, 0) is 11.3 Å². The van der Waals surface area contributed by atoms with Crippen molar-refractivity contribution in [2.24, 2.45) is 0 Å². The minimum absolute atomic E-state index is 0.134. The molecule has 0 spiro atoms. The molecule has 0 aromatic heterocycles. The predicted molar refractivity (Wildman–Crippen MR) is 73.2 cm³/mol. The van der Waals surface area contributed by atoms with Crippen molar-refractivity contribution in [3.8, 4) is 0 Å². The van der Waals surface area contributed by atoms with Crippen molar-refractivity contribution < 1.29 is 4.79 Å². The Kier molecular flexibility index (Phi) is 3.82. The molecule has 2 rings (SSSR count). The normalized spacial score (nSPS) is 14.1. The van der Waals surface area contributed by atoms with E-state index in [1.165, 1.54) is 16.7 Å². The summed E-state index contributed by atoms with van der Waals surface area (Å²) in [5.41, 5.74) is 4.56. The van der Waals surface area contributed by atoms with Gasteiger partial charge in [0.25, 0.3) is 0 Å². The second kappa shape index (κ2) is 5.36. The number of hydrogen-bond donors (Lipinski definition) is 1. The van der Waals surface area contributed by atoms with E-state index in [1.54, 1.807) is 4.90 Å². The van der Waals surface area contributed by atoms with Crippen LogP contribution in [-0.4, -0.2) is 30.9 Å². The summed E-state index contributed by atoms with van der Waals surface area (Å²) in [6, 6.07) is 8.19. The van der Waals surface area contributed by atoms with Crippen LogP contribution in [0.5, 0.6) is 0 Å². The highest BCUT2D eigenvalue weighted by Crippen LogP contribution is 2.14. The SMILES string of the molecule is CC(C(=O)N(C)Cc1ccccc1C)=C1CNC1. The van der Waals surface area contributed by atoms with E-state index in [0.717, 1.165) is 18.7 Å². The van der Waals surface area contributed by atoms with E-state index in [0.29, 0.717) is 6.54 Å². The van der Waals surface area contributed by atoms with E-state index in [2.05, 4.69) is 24.4 Å². The van der Waals surface area contributed by atoms with Crippen LogP contribution in [0.25, 0.3) is 0 Å². The number of amides is 1. The molecule has 1 aromatic carbocycles. The lowest BCUT2D eigenvalue weighted by atomic mass is 10.0. The number of rotatable bonds is 3. The maximum absolute atomic E-state index is 12.2. The maximum atomic E-state index is 12.2. The Morgan fingerprint density at radius 2 is 2.00 bits per heavy atom. The van der Waals surface area contributed by atoms with Crippen molar-refractivity contribution in [2.75, 3.05) is 20.1 Å². The highest BCUT2D eigenvalue weighted by Gasteiger charge is 2.19. The Morgan fingerprint density at radius 3 is 2.56 bits per heavy atom. The Morgan fingerprint density at radius 1 is 1.33 bits per heavy atom. The van der Waals surface area contributed by atoms with Gasteiger partial charge in [0, 0.05) is 32.3 Å². The van der Waals surface area contributed by atoms with E-state index in [4.69, 9.17) is 0 Å². The summed E-state index contributed by atoms with van der Waals surface area (Å²) in [5.74, 6) is 0.134. The van der Waals surface area contributed by atoms with E-state index in [-0.39, 0.29) is 5.91 Å². The first-order valence-corrected chi connectivity index (χ1v) is 6.29. The molecule has 96 valence electrons. The molecule has 0 bridgehead atoms. The molecule has 3 heteroatoms. The van der Waals surface area contributed by atoms with Gasteiger partial charge < -0.3 is 10.2 Å². The van der Waals surface area contributed by atoms with Gasteiger partial charge in [-0.25, -0.2) is 0 Å². The summed E-state index contributed by atoms with van der Waals surface area (Å²) in [6.07, 6.45) is 0. The van der Waals surface area contributed by atoms with Gasteiger partial charge in [-0.3, -0.25) is 4.79 Å². The number of benzene rings is 1. The zero-order chi connectivity index (χ0) is 13.1. The fourth-order valence-electron chi connectivity index (χ4n) is 2.07. The zero-order valence-electron chi connectivity index (χ0n) is 11.3. The molecule has 1 heterocycles. The number of carbonyl (C=O) groups excluding carboxylic acids is 1. The molecule has 0 unspecified atom stereocenters. The first-order chi connectivity index (χ1) is 8.59. The van der Waals surface area contributed by atoms with Gasteiger partial charge in [0.2, 0.25) is 5.91 Å². The van der Waals surface area contributed by atoms with Crippen molar-refractivity contribution in [3.63, 3.8) is 0 Å².